The SMILES string of the molecule is c1ccc(C2(c3ccccc3)c3ccccc3-c3c(-c4ccc(N(c5ccc(-c6ccc(-c7ccc8ccccc8c7)cc6)cc5)c5cccc6ccccc56)cc4)cccc32)cc1. The Hall–Kier alpha value is -8.26. The van der Waals surface area contributed by atoms with Gasteiger partial charge >= 0.3 is 0 Å². The molecule has 0 aliphatic heterocycles. The minimum atomic E-state index is -0.443. The van der Waals surface area contributed by atoms with Gasteiger partial charge in [-0.25, -0.2) is 0 Å². The van der Waals surface area contributed by atoms with E-state index in [1.165, 1.54) is 88.3 Å². The molecule has 0 fully saturated rings. The molecular formula is C63H43N. The van der Waals surface area contributed by atoms with Crippen molar-refractivity contribution in [1.82, 2.24) is 0 Å². The van der Waals surface area contributed by atoms with Gasteiger partial charge in [0, 0.05) is 16.8 Å². The maximum Gasteiger partial charge on any atom is 0.0713 e. The third-order valence-electron chi connectivity index (χ3n) is 13.4. The molecule has 0 spiro atoms. The zero-order valence-electron chi connectivity index (χ0n) is 35.3. The molecule has 11 aromatic rings. The van der Waals surface area contributed by atoms with Crippen molar-refractivity contribution in [2.24, 2.45) is 0 Å². The molecule has 0 unspecified atom stereocenters. The molecular weight excluding hydrogens is 771 g/mol. The maximum absolute atomic E-state index is 2.40. The molecule has 0 N–H and O–H groups in total. The largest absolute Gasteiger partial charge is 0.310 e. The number of anilines is 3. The summed E-state index contributed by atoms with van der Waals surface area (Å²) in [5.74, 6) is 0. The van der Waals surface area contributed by atoms with Gasteiger partial charge in [0.05, 0.1) is 11.1 Å². The van der Waals surface area contributed by atoms with Crippen LogP contribution in [0.1, 0.15) is 22.3 Å². The molecule has 0 amide bonds. The van der Waals surface area contributed by atoms with Gasteiger partial charge in [-0.05, 0) is 119 Å². The van der Waals surface area contributed by atoms with Crippen LogP contribution in [0.2, 0.25) is 0 Å². The van der Waals surface area contributed by atoms with Gasteiger partial charge in [0.25, 0.3) is 0 Å². The molecule has 0 saturated heterocycles. The van der Waals surface area contributed by atoms with E-state index in [0.717, 1.165) is 17.1 Å². The van der Waals surface area contributed by atoms with Crippen LogP contribution in [0.5, 0.6) is 0 Å². The molecule has 0 aromatic heterocycles. The smallest absolute Gasteiger partial charge is 0.0713 e. The van der Waals surface area contributed by atoms with Crippen LogP contribution in [-0.4, -0.2) is 0 Å². The third kappa shape index (κ3) is 6.16. The van der Waals surface area contributed by atoms with Crippen LogP contribution in [0.3, 0.4) is 0 Å². The van der Waals surface area contributed by atoms with Gasteiger partial charge in [0.1, 0.15) is 0 Å². The average molecular weight is 814 g/mol. The summed E-state index contributed by atoms with van der Waals surface area (Å²) in [5.41, 5.74) is 17.9. The predicted molar refractivity (Wildman–Crippen MR) is 270 cm³/mol. The molecule has 0 saturated carbocycles. The second-order valence-corrected chi connectivity index (χ2v) is 16.8. The summed E-state index contributed by atoms with van der Waals surface area (Å²) in [4.78, 5) is 2.40. The Balaban J connectivity index is 0.938. The second-order valence-electron chi connectivity index (χ2n) is 16.8. The molecule has 64 heavy (non-hydrogen) atoms. The van der Waals surface area contributed by atoms with E-state index >= 15 is 0 Å². The summed E-state index contributed by atoms with van der Waals surface area (Å²) >= 11 is 0. The lowest BCUT2D eigenvalue weighted by molar-refractivity contribution is 0.768. The van der Waals surface area contributed by atoms with Crippen LogP contribution in [0.25, 0.3) is 66.1 Å². The number of nitrogens with zero attached hydrogens (tertiary/aromatic N) is 1. The fourth-order valence-electron chi connectivity index (χ4n) is 10.4. The Labute approximate surface area is 374 Å². The van der Waals surface area contributed by atoms with E-state index in [9.17, 15) is 0 Å². The van der Waals surface area contributed by atoms with Crippen molar-refractivity contribution in [2.75, 3.05) is 4.90 Å². The minimum Gasteiger partial charge on any atom is -0.310 e. The molecule has 1 aliphatic rings. The summed E-state index contributed by atoms with van der Waals surface area (Å²) in [5, 5.41) is 4.94. The summed E-state index contributed by atoms with van der Waals surface area (Å²) < 4.78 is 0. The quantitative estimate of drug-likeness (QED) is 0.148. The summed E-state index contributed by atoms with van der Waals surface area (Å²) in [7, 11) is 0. The molecule has 0 bridgehead atoms. The van der Waals surface area contributed by atoms with E-state index in [1.807, 2.05) is 0 Å². The Bertz CT molecular complexity index is 3420. The molecule has 300 valence electrons. The van der Waals surface area contributed by atoms with Crippen LogP contribution in [0.4, 0.5) is 17.1 Å². The molecule has 1 aliphatic carbocycles. The van der Waals surface area contributed by atoms with Crippen molar-refractivity contribution in [2.45, 2.75) is 5.41 Å². The monoisotopic (exact) mass is 813 g/mol. The topological polar surface area (TPSA) is 3.24 Å². The highest BCUT2D eigenvalue weighted by atomic mass is 15.1. The van der Waals surface area contributed by atoms with Crippen LogP contribution in [0.15, 0.2) is 261 Å². The summed E-state index contributed by atoms with van der Waals surface area (Å²) in [6.07, 6.45) is 0. The van der Waals surface area contributed by atoms with E-state index in [-0.39, 0.29) is 0 Å². The van der Waals surface area contributed by atoms with Gasteiger partial charge in [0.2, 0.25) is 0 Å². The van der Waals surface area contributed by atoms with Crippen molar-refractivity contribution < 1.29 is 0 Å². The average Bonchev–Trinajstić information content (AvgIpc) is 3.69. The zero-order chi connectivity index (χ0) is 42.5. The molecule has 0 heterocycles. The van der Waals surface area contributed by atoms with Gasteiger partial charge in [-0.3, -0.25) is 0 Å². The normalized spacial score (nSPS) is 12.5. The van der Waals surface area contributed by atoms with Crippen molar-refractivity contribution in [3.8, 4) is 44.5 Å². The standard InChI is InChI=1S/C63H43N/c1-3-19-52(20-4-1)63(53-21-5-2-6-22-53)59-26-12-11-24-58(59)62-57(25-14-27-60(62)63)49-37-41-55(42-38-49)64(61-28-13-18-48-16-9-10-23-56(48)61)54-39-35-46(36-40-54)45-29-31-47(32-30-45)51-34-33-44-15-7-8-17-50(44)43-51/h1-43H. The lowest BCUT2D eigenvalue weighted by Gasteiger charge is -2.34. The van der Waals surface area contributed by atoms with Crippen molar-refractivity contribution in [3.63, 3.8) is 0 Å². The molecule has 1 nitrogen and oxygen atoms in total. The van der Waals surface area contributed by atoms with Crippen molar-refractivity contribution in [1.29, 1.82) is 0 Å². The van der Waals surface area contributed by atoms with E-state index in [2.05, 4.69) is 266 Å². The Kier molecular flexibility index (Phi) is 9.13. The molecule has 11 aromatic carbocycles. The predicted octanol–water partition coefficient (Wildman–Crippen LogP) is 16.8. The van der Waals surface area contributed by atoms with Gasteiger partial charge < -0.3 is 4.90 Å². The first-order chi connectivity index (χ1) is 31.7. The number of rotatable bonds is 8. The highest BCUT2D eigenvalue weighted by Gasteiger charge is 2.46. The first-order valence-electron chi connectivity index (χ1n) is 22.2. The molecule has 12 rings (SSSR count). The minimum absolute atomic E-state index is 0.443. The number of hydrogen-bond acceptors (Lipinski definition) is 1. The third-order valence-corrected chi connectivity index (χ3v) is 13.4. The maximum atomic E-state index is 2.40. The van der Waals surface area contributed by atoms with Gasteiger partial charge in [-0.2, -0.15) is 0 Å². The van der Waals surface area contributed by atoms with Crippen LogP contribution in [0, 0.1) is 0 Å². The van der Waals surface area contributed by atoms with E-state index in [4.69, 9.17) is 0 Å². The highest BCUT2D eigenvalue weighted by molar-refractivity contribution is 6.00. The first-order valence-corrected chi connectivity index (χ1v) is 22.2. The number of fused-ring (bicyclic) bond motifs is 5. The van der Waals surface area contributed by atoms with Crippen molar-refractivity contribution in [3.05, 3.63) is 283 Å². The fraction of sp³-hybridized carbons (Fsp3) is 0.0159. The number of hydrogen-bond donors (Lipinski definition) is 0. The van der Waals surface area contributed by atoms with Crippen LogP contribution >= 0.6 is 0 Å². The van der Waals surface area contributed by atoms with E-state index < -0.39 is 5.41 Å². The summed E-state index contributed by atoms with van der Waals surface area (Å²) in [6, 6.07) is 95.7. The van der Waals surface area contributed by atoms with E-state index in [0.29, 0.717) is 0 Å². The van der Waals surface area contributed by atoms with Gasteiger partial charge in [-0.1, -0.05) is 224 Å². The lowest BCUT2D eigenvalue weighted by atomic mass is 9.67. The van der Waals surface area contributed by atoms with Crippen LogP contribution < -0.4 is 4.90 Å². The van der Waals surface area contributed by atoms with E-state index in [1.54, 1.807) is 0 Å². The van der Waals surface area contributed by atoms with Gasteiger partial charge in [-0.15, -0.1) is 0 Å². The van der Waals surface area contributed by atoms with Gasteiger partial charge in [0.15, 0.2) is 0 Å². The first kappa shape index (κ1) is 37.5. The molecule has 0 atom stereocenters. The Morgan fingerprint density at radius 2 is 0.750 bits per heavy atom. The highest BCUT2D eigenvalue weighted by Crippen LogP contribution is 2.58. The zero-order valence-corrected chi connectivity index (χ0v) is 35.3. The Morgan fingerprint density at radius 3 is 1.44 bits per heavy atom. The molecule has 0 radical (unpaired) electrons. The fourth-order valence-corrected chi connectivity index (χ4v) is 10.4. The molecule has 1 heteroatoms. The number of benzene rings is 11. The second kappa shape index (κ2) is 15.6. The summed E-state index contributed by atoms with van der Waals surface area (Å²) in [6.45, 7) is 0. The lowest BCUT2D eigenvalue weighted by Crippen LogP contribution is -2.28. The Morgan fingerprint density at radius 1 is 0.281 bits per heavy atom. The van der Waals surface area contributed by atoms with Crippen LogP contribution in [-0.2, 0) is 5.41 Å². The van der Waals surface area contributed by atoms with Crippen molar-refractivity contribution >= 4 is 38.6 Å².